The fourth-order valence-electron chi connectivity index (χ4n) is 3.32. The number of primary sulfonamides is 1. The van der Waals surface area contributed by atoms with Crippen molar-refractivity contribution in [2.24, 2.45) is 12.2 Å². The van der Waals surface area contributed by atoms with Crippen LogP contribution in [0.5, 0.6) is 0 Å². The Bertz CT molecular complexity index is 1390. The number of halogens is 3. The standard InChI is InChI=1S/C21H18F3N5O3S/c1-29-18(10-7-13-5-8-15(9-6-13)21(22,23)24)17(12-26-29)20-27-19(28-32-20)14-3-2-4-16(11-14)33(25,30)31/h2-6,8-9,11-12H,7,10H2,1H3,(H2,25,30,31). The molecule has 12 heteroatoms. The molecule has 8 nitrogen and oxygen atoms in total. The van der Waals surface area contributed by atoms with E-state index in [1.165, 1.54) is 30.3 Å². The Hall–Kier alpha value is -3.51. The van der Waals surface area contributed by atoms with Gasteiger partial charge in [-0.25, -0.2) is 13.6 Å². The molecular weight excluding hydrogens is 459 g/mol. The van der Waals surface area contributed by atoms with Crippen LogP contribution in [0.2, 0.25) is 0 Å². The van der Waals surface area contributed by atoms with E-state index in [0.717, 1.165) is 23.4 Å². The van der Waals surface area contributed by atoms with Gasteiger partial charge in [0.1, 0.15) is 0 Å². The van der Waals surface area contributed by atoms with Gasteiger partial charge in [-0.2, -0.15) is 23.3 Å². The van der Waals surface area contributed by atoms with Crippen LogP contribution in [0.4, 0.5) is 13.2 Å². The maximum Gasteiger partial charge on any atom is 0.416 e. The molecule has 0 bridgehead atoms. The number of nitrogens with zero attached hydrogens (tertiary/aromatic N) is 4. The molecular formula is C21H18F3N5O3S. The van der Waals surface area contributed by atoms with Crippen molar-refractivity contribution in [3.05, 3.63) is 71.5 Å². The van der Waals surface area contributed by atoms with Gasteiger partial charge in [-0.05, 0) is 42.7 Å². The summed E-state index contributed by atoms with van der Waals surface area (Å²) in [5.74, 6) is 0.356. The summed E-state index contributed by atoms with van der Waals surface area (Å²) in [6.45, 7) is 0. The van der Waals surface area contributed by atoms with E-state index in [2.05, 4.69) is 15.2 Å². The number of hydrogen-bond acceptors (Lipinski definition) is 6. The van der Waals surface area contributed by atoms with E-state index in [1.807, 2.05) is 0 Å². The first-order valence-corrected chi connectivity index (χ1v) is 11.2. The Morgan fingerprint density at radius 3 is 2.48 bits per heavy atom. The average molecular weight is 477 g/mol. The quantitative estimate of drug-likeness (QED) is 0.454. The summed E-state index contributed by atoms with van der Waals surface area (Å²) in [7, 11) is -2.15. The molecule has 0 aliphatic rings. The van der Waals surface area contributed by atoms with Crippen molar-refractivity contribution in [3.8, 4) is 22.8 Å². The van der Waals surface area contributed by atoms with Crippen LogP contribution in [-0.4, -0.2) is 28.3 Å². The second kappa shape index (κ2) is 8.45. The summed E-state index contributed by atoms with van der Waals surface area (Å²) < 4.78 is 68.5. The minimum Gasteiger partial charge on any atom is -0.333 e. The van der Waals surface area contributed by atoms with Crippen LogP contribution in [0.25, 0.3) is 22.8 Å². The third-order valence-corrected chi connectivity index (χ3v) is 5.98. The number of alkyl halides is 3. The Balaban J connectivity index is 1.56. The lowest BCUT2D eigenvalue weighted by molar-refractivity contribution is -0.137. The first-order chi connectivity index (χ1) is 15.5. The van der Waals surface area contributed by atoms with Crippen LogP contribution in [0.3, 0.4) is 0 Å². The summed E-state index contributed by atoms with van der Waals surface area (Å²) in [5, 5.41) is 13.3. The lowest BCUT2D eigenvalue weighted by atomic mass is 10.0. The number of benzene rings is 2. The molecule has 0 fully saturated rings. The summed E-state index contributed by atoms with van der Waals surface area (Å²) in [6, 6.07) is 10.9. The number of rotatable bonds is 6. The van der Waals surface area contributed by atoms with E-state index in [-0.39, 0.29) is 16.6 Å². The SMILES string of the molecule is Cn1ncc(-c2nc(-c3cccc(S(N)(=O)=O)c3)no2)c1CCc1ccc(C(F)(F)F)cc1. The van der Waals surface area contributed by atoms with Crippen molar-refractivity contribution < 1.29 is 26.1 Å². The summed E-state index contributed by atoms with van der Waals surface area (Å²) in [6.07, 6.45) is -1.88. The number of nitrogens with two attached hydrogens (primary N) is 1. The zero-order valence-corrected chi connectivity index (χ0v) is 18.1. The molecule has 0 amide bonds. The smallest absolute Gasteiger partial charge is 0.333 e. The number of sulfonamides is 1. The Labute approximate surface area is 186 Å². The predicted molar refractivity (Wildman–Crippen MR) is 112 cm³/mol. The van der Waals surface area contributed by atoms with Gasteiger partial charge < -0.3 is 4.52 Å². The highest BCUT2D eigenvalue weighted by molar-refractivity contribution is 7.89. The molecule has 0 unspecified atom stereocenters. The molecule has 2 N–H and O–H groups in total. The molecule has 33 heavy (non-hydrogen) atoms. The minimum atomic E-state index is -4.38. The molecule has 2 aromatic heterocycles. The first kappa shape index (κ1) is 22.7. The second-order valence-corrected chi connectivity index (χ2v) is 8.88. The largest absolute Gasteiger partial charge is 0.416 e. The minimum absolute atomic E-state index is 0.0787. The summed E-state index contributed by atoms with van der Waals surface area (Å²) in [5.41, 5.74) is 1.78. The molecule has 4 rings (SSSR count). The molecule has 0 saturated heterocycles. The lowest BCUT2D eigenvalue weighted by Gasteiger charge is -2.08. The van der Waals surface area contributed by atoms with Crippen molar-refractivity contribution in [2.45, 2.75) is 23.9 Å². The van der Waals surface area contributed by atoms with Crippen molar-refractivity contribution in [1.82, 2.24) is 19.9 Å². The van der Waals surface area contributed by atoms with Gasteiger partial charge in [0, 0.05) is 12.6 Å². The number of aromatic nitrogens is 4. The van der Waals surface area contributed by atoms with Crippen LogP contribution >= 0.6 is 0 Å². The van der Waals surface area contributed by atoms with E-state index in [1.54, 1.807) is 24.0 Å². The van der Waals surface area contributed by atoms with Gasteiger partial charge in [-0.1, -0.05) is 29.4 Å². The topological polar surface area (TPSA) is 117 Å². The molecule has 2 heterocycles. The van der Waals surface area contributed by atoms with Gasteiger partial charge in [0.15, 0.2) is 0 Å². The molecule has 0 aliphatic heterocycles. The third-order valence-electron chi connectivity index (χ3n) is 5.07. The van der Waals surface area contributed by atoms with E-state index >= 15 is 0 Å². The molecule has 0 atom stereocenters. The van der Waals surface area contributed by atoms with Crippen LogP contribution in [0.1, 0.15) is 16.8 Å². The van der Waals surface area contributed by atoms with E-state index in [0.29, 0.717) is 24.0 Å². The van der Waals surface area contributed by atoms with Gasteiger partial charge >= 0.3 is 6.18 Å². The van der Waals surface area contributed by atoms with Crippen LogP contribution in [0.15, 0.2) is 64.1 Å². The molecule has 0 radical (unpaired) electrons. The molecule has 0 saturated carbocycles. The second-order valence-electron chi connectivity index (χ2n) is 7.32. The number of aryl methyl sites for hydroxylation is 2. The third kappa shape index (κ3) is 4.96. The van der Waals surface area contributed by atoms with Crippen molar-refractivity contribution >= 4 is 10.0 Å². The summed E-state index contributed by atoms with van der Waals surface area (Å²) in [4.78, 5) is 4.27. The fraction of sp³-hybridized carbons (Fsp3) is 0.190. The van der Waals surface area contributed by atoms with Crippen molar-refractivity contribution in [1.29, 1.82) is 0 Å². The maximum absolute atomic E-state index is 12.8. The monoisotopic (exact) mass is 477 g/mol. The Kier molecular flexibility index (Phi) is 5.80. The Morgan fingerprint density at radius 1 is 1.09 bits per heavy atom. The van der Waals surface area contributed by atoms with Gasteiger partial charge in [-0.15, -0.1) is 0 Å². The van der Waals surface area contributed by atoms with E-state index < -0.39 is 21.8 Å². The zero-order chi connectivity index (χ0) is 23.8. The fourth-order valence-corrected chi connectivity index (χ4v) is 3.88. The van der Waals surface area contributed by atoms with E-state index in [9.17, 15) is 21.6 Å². The normalized spacial score (nSPS) is 12.3. The molecule has 0 aliphatic carbocycles. The van der Waals surface area contributed by atoms with Crippen molar-refractivity contribution in [2.75, 3.05) is 0 Å². The highest BCUT2D eigenvalue weighted by atomic mass is 32.2. The van der Waals surface area contributed by atoms with Crippen LogP contribution in [0, 0.1) is 0 Å². The molecule has 172 valence electrons. The average Bonchev–Trinajstić information content (AvgIpc) is 3.38. The van der Waals surface area contributed by atoms with Crippen LogP contribution < -0.4 is 5.14 Å². The van der Waals surface area contributed by atoms with Gasteiger partial charge in [0.2, 0.25) is 15.8 Å². The molecule has 4 aromatic rings. The highest BCUT2D eigenvalue weighted by Gasteiger charge is 2.30. The predicted octanol–water partition coefficient (Wildman–Crippen LogP) is 3.59. The van der Waals surface area contributed by atoms with Crippen LogP contribution in [-0.2, 0) is 36.1 Å². The van der Waals surface area contributed by atoms with Gasteiger partial charge in [0.25, 0.3) is 5.89 Å². The van der Waals surface area contributed by atoms with Crippen molar-refractivity contribution in [3.63, 3.8) is 0 Å². The van der Waals surface area contributed by atoms with Gasteiger partial charge in [-0.3, -0.25) is 4.68 Å². The zero-order valence-electron chi connectivity index (χ0n) is 17.2. The first-order valence-electron chi connectivity index (χ1n) is 9.67. The summed E-state index contributed by atoms with van der Waals surface area (Å²) >= 11 is 0. The Morgan fingerprint density at radius 2 is 1.82 bits per heavy atom. The maximum atomic E-state index is 12.8. The lowest BCUT2D eigenvalue weighted by Crippen LogP contribution is -2.11. The molecule has 2 aromatic carbocycles. The van der Waals surface area contributed by atoms with E-state index in [4.69, 9.17) is 9.66 Å². The molecule has 0 spiro atoms. The highest BCUT2D eigenvalue weighted by Crippen LogP contribution is 2.30. The number of hydrogen-bond donors (Lipinski definition) is 1. The van der Waals surface area contributed by atoms with Gasteiger partial charge in [0.05, 0.1) is 27.9 Å².